The van der Waals surface area contributed by atoms with E-state index in [-0.39, 0.29) is 45.7 Å². The van der Waals surface area contributed by atoms with Crippen LogP contribution in [0.25, 0.3) is 21.1 Å². The van der Waals surface area contributed by atoms with Crippen LogP contribution in [0.3, 0.4) is 0 Å². The molecule has 14 nitrogen and oxygen atoms in total. The molecule has 0 aliphatic heterocycles. The fraction of sp³-hybridized carbons (Fsp3) is 0.243. The second-order valence-electron chi connectivity index (χ2n) is 13.6. The molecule has 2 aromatic carbocycles. The van der Waals surface area contributed by atoms with Gasteiger partial charge in [0.2, 0.25) is 0 Å². The lowest BCUT2D eigenvalue weighted by molar-refractivity contribution is 0.0944. The van der Waals surface area contributed by atoms with Gasteiger partial charge in [-0.15, -0.1) is 22.7 Å². The van der Waals surface area contributed by atoms with Gasteiger partial charge in [0.05, 0.1) is 34.2 Å². The molecule has 0 saturated heterocycles. The van der Waals surface area contributed by atoms with Crippen molar-refractivity contribution in [2.24, 2.45) is 0 Å². The fourth-order valence-corrected chi connectivity index (χ4v) is 10.8. The molecule has 2 amide bonds. The van der Waals surface area contributed by atoms with E-state index < -0.39 is 32.1 Å². The number of carbonyl (C=O) groups is 2. The van der Waals surface area contributed by atoms with E-state index in [1.165, 1.54) is 12.1 Å². The molecule has 2 aliphatic rings. The van der Waals surface area contributed by atoms with Crippen molar-refractivity contribution in [1.29, 1.82) is 0 Å². The number of nitrogens with one attached hydrogen (secondary N) is 2. The maximum Gasteiger partial charge on any atom is 0.304 e. The maximum absolute atomic E-state index is 13.5. The van der Waals surface area contributed by atoms with E-state index in [1.54, 1.807) is 9.36 Å². The molecule has 0 atom stereocenters. The van der Waals surface area contributed by atoms with E-state index in [0.29, 0.717) is 62.9 Å². The molecule has 0 fully saturated rings. The Labute approximate surface area is 324 Å². The Morgan fingerprint density at radius 2 is 1.05 bits per heavy atom. The first-order valence-corrected chi connectivity index (χ1v) is 21.7. The van der Waals surface area contributed by atoms with E-state index in [1.807, 2.05) is 62.4 Å². The normalized spacial score (nSPS) is 13.0. The molecule has 4 heterocycles. The van der Waals surface area contributed by atoms with Crippen molar-refractivity contribution in [3.05, 3.63) is 117 Å². The van der Waals surface area contributed by atoms with Crippen LogP contribution in [0.15, 0.2) is 69.1 Å². The minimum atomic E-state index is -4.40. The van der Waals surface area contributed by atoms with Crippen LogP contribution in [-0.4, -0.2) is 70.4 Å². The van der Waals surface area contributed by atoms with Gasteiger partial charge in [-0.1, -0.05) is 59.7 Å². The molecule has 4 N–H and O–H groups in total. The van der Waals surface area contributed by atoms with E-state index >= 15 is 0 Å². The smallest absolute Gasteiger partial charge is 0.304 e. The van der Waals surface area contributed by atoms with Crippen LogP contribution in [0.2, 0.25) is 0 Å². The summed E-state index contributed by atoms with van der Waals surface area (Å²) >= 11 is 1.89. The Morgan fingerprint density at radius 1 is 0.673 bits per heavy atom. The molecule has 18 heteroatoms. The Bertz CT molecular complexity index is 2550. The predicted molar refractivity (Wildman–Crippen MR) is 206 cm³/mol. The van der Waals surface area contributed by atoms with Crippen LogP contribution in [0.5, 0.6) is 0 Å². The lowest BCUT2D eigenvalue weighted by Gasteiger charge is -2.07. The molecule has 2 aliphatic carbocycles. The standard InChI is InChI=1S/C37H34N6O8S4/c1-20-4-8-22(9-5-20)18-42-32-26(14-24-16-28(52-34(24)32)54(46,47)48)30(40-42)36(44)38-12-3-13-39-37(45)31-27-15-25-17-29(55(49,50)51)53-35(25)33(27)43(41-31)19-23-10-6-21(2)7-11-23/h4-11,16-17H,3,12-15,18-19H2,1-2H3,(H,38,44)(H,39,45)(H,46,47,48)(H,49,50,51). The second kappa shape index (κ2) is 13.9. The molecular formula is C37H34N6O8S4. The van der Waals surface area contributed by atoms with Crippen LogP contribution in [0.4, 0.5) is 0 Å². The number of aromatic nitrogens is 4. The third kappa shape index (κ3) is 7.16. The Balaban J connectivity index is 0.957. The molecule has 0 radical (unpaired) electrons. The highest BCUT2D eigenvalue weighted by atomic mass is 32.3. The number of thiophene rings is 2. The zero-order valence-electron chi connectivity index (χ0n) is 29.5. The summed E-state index contributed by atoms with van der Waals surface area (Å²) in [6, 6.07) is 18.6. The molecule has 284 valence electrons. The van der Waals surface area contributed by atoms with E-state index in [2.05, 4.69) is 20.8 Å². The van der Waals surface area contributed by atoms with Crippen molar-refractivity contribution in [2.75, 3.05) is 13.1 Å². The van der Waals surface area contributed by atoms with Gasteiger partial charge in [0.1, 0.15) is 8.42 Å². The average Bonchev–Trinajstić information content (AvgIpc) is 3.95. The van der Waals surface area contributed by atoms with Gasteiger partial charge >= 0.3 is 20.2 Å². The molecule has 8 rings (SSSR count). The van der Waals surface area contributed by atoms with Crippen molar-refractivity contribution in [2.45, 2.75) is 54.6 Å². The monoisotopic (exact) mass is 818 g/mol. The maximum atomic E-state index is 13.5. The van der Waals surface area contributed by atoms with Crippen molar-refractivity contribution in [3.8, 4) is 21.1 Å². The van der Waals surface area contributed by atoms with Gasteiger partial charge in [-0.05, 0) is 54.7 Å². The highest BCUT2D eigenvalue weighted by Gasteiger charge is 2.35. The van der Waals surface area contributed by atoms with Gasteiger partial charge in [-0.3, -0.25) is 28.1 Å². The van der Waals surface area contributed by atoms with Crippen LogP contribution in [0.1, 0.15) is 71.9 Å². The van der Waals surface area contributed by atoms with Crippen LogP contribution < -0.4 is 10.6 Å². The molecule has 0 spiro atoms. The lowest BCUT2D eigenvalue weighted by Crippen LogP contribution is -2.31. The Morgan fingerprint density at radius 3 is 1.42 bits per heavy atom. The van der Waals surface area contributed by atoms with Crippen molar-refractivity contribution in [3.63, 3.8) is 0 Å². The molecule has 4 aromatic heterocycles. The quantitative estimate of drug-likeness (QED) is 0.0949. The summed E-state index contributed by atoms with van der Waals surface area (Å²) in [5.74, 6) is -0.808. The number of amides is 2. The molecule has 0 bridgehead atoms. The summed E-state index contributed by atoms with van der Waals surface area (Å²) in [5, 5.41) is 15.1. The highest BCUT2D eigenvalue weighted by molar-refractivity contribution is 7.88. The largest absolute Gasteiger partial charge is 0.351 e. The zero-order chi connectivity index (χ0) is 38.8. The van der Waals surface area contributed by atoms with Gasteiger partial charge in [0.25, 0.3) is 11.8 Å². The number of carbonyl (C=O) groups excluding carboxylic acids is 2. The molecule has 0 unspecified atom stereocenters. The summed E-state index contributed by atoms with van der Waals surface area (Å²) < 4.78 is 70.0. The Kier molecular flexibility index (Phi) is 9.38. The SMILES string of the molecule is Cc1ccc(Cn2nc(C(=O)NCCCNC(=O)c3nn(Cc4ccc(C)cc4)c4c3Cc3cc(S(=O)(=O)O)sc3-4)c3c2-c2sc(S(=O)(=O)O)cc2C3)cc1. The molecule has 0 saturated carbocycles. The van der Waals surface area contributed by atoms with E-state index in [9.17, 15) is 35.5 Å². The third-order valence-electron chi connectivity index (χ3n) is 9.61. The number of fused-ring (bicyclic) bond motifs is 6. The first-order chi connectivity index (χ1) is 26.1. The van der Waals surface area contributed by atoms with Crippen LogP contribution in [-0.2, 0) is 46.2 Å². The van der Waals surface area contributed by atoms with Crippen molar-refractivity contribution in [1.82, 2.24) is 30.2 Å². The highest BCUT2D eigenvalue weighted by Crippen LogP contribution is 2.46. The van der Waals surface area contributed by atoms with E-state index in [0.717, 1.165) is 44.9 Å². The van der Waals surface area contributed by atoms with E-state index in [4.69, 9.17) is 0 Å². The lowest BCUT2D eigenvalue weighted by atomic mass is 10.1. The number of hydrogen-bond donors (Lipinski definition) is 4. The number of benzene rings is 2. The average molecular weight is 819 g/mol. The second-order valence-corrected chi connectivity index (χ2v) is 19.0. The predicted octanol–water partition coefficient (Wildman–Crippen LogP) is 5.10. The van der Waals surface area contributed by atoms with Gasteiger partial charge in [0, 0.05) is 37.1 Å². The first kappa shape index (κ1) is 37.0. The summed E-state index contributed by atoms with van der Waals surface area (Å²) in [5.41, 5.74) is 8.55. The third-order valence-corrected chi connectivity index (χ3v) is 14.6. The van der Waals surface area contributed by atoms with Crippen LogP contribution in [0, 0.1) is 13.8 Å². The minimum absolute atomic E-state index is 0.162. The molecule has 6 aromatic rings. The van der Waals surface area contributed by atoms with Crippen molar-refractivity contribution < 1.29 is 35.5 Å². The summed E-state index contributed by atoms with van der Waals surface area (Å²) in [6.07, 6.45) is 0.966. The van der Waals surface area contributed by atoms with Crippen LogP contribution >= 0.6 is 22.7 Å². The summed E-state index contributed by atoms with van der Waals surface area (Å²) in [6.45, 7) is 5.11. The number of hydrogen-bond acceptors (Lipinski definition) is 10. The van der Waals surface area contributed by atoms with Gasteiger partial charge in [-0.2, -0.15) is 27.0 Å². The topological polar surface area (TPSA) is 203 Å². The molecule has 55 heavy (non-hydrogen) atoms. The Hall–Kier alpha value is -4.98. The number of aryl methyl sites for hydroxylation is 2. The van der Waals surface area contributed by atoms with Crippen molar-refractivity contribution >= 4 is 54.7 Å². The zero-order valence-corrected chi connectivity index (χ0v) is 32.8. The van der Waals surface area contributed by atoms with Gasteiger partial charge in [-0.25, -0.2) is 0 Å². The first-order valence-electron chi connectivity index (χ1n) is 17.2. The summed E-state index contributed by atoms with van der Waals surface area (Å²) in [4.78, 5) is 28.3. The fourth-order valence-electron chi connectivity index (χ4n) is 6.93. The minimum Gasteiger partial charge on any atom is -0.351 e. The number of nitrogens with zero attached hydrogens (tertiary/aromatic N) is 4. The van der Waals surface area contributed by atoms with Gasteiger partial charge in [0.15, 0.2) is 11.4 Å². The van der Waals surface area contributed by atoms with Gasteiger partial charge < -0.3 is 10.6 Å². The summed E-state index contributed by atoms with van der Waals surface area (Å²) in [7, 11) is -8.79. The molecular weight excluding hydrogens is 785 g/mol. The number of rotatable bonds is 12.